The number of benzene rings is 1. The van der Waals surface area contributed by atoms with Crippen molar-refractivity contribution in [1.29, 1.82) is 0 Å². The van der Waals surface area contributed by atoms with Crippen LogP contribution in [0, 0.1) is 0 Å². The maximum absolute atomic E-state index is 12.4. The Hall–Kier alpha value is -1.21. The average Bonchev–Trinajstić information content (AvgIpc) is 2.14. The Kier molecular flexibility index (Phi) is 3.82. The van der Waals surface area contributed by atoms with E-state index in [0.717, 1.165) is 18.2 Å². The predicted octanol–water partition coefficient (Wildman–Crippen LogP) is 2.52. The molecule has 0 aromatic heterocycles. The quantitative estimate of drug-likeness (QED) is 0.570. The molecule has 0 aliphatic carbocycles. The second-order valence-corrected chi connectivity index (χ2v) is 3.65. The van der Waals surface area contributed by atoms with Gasteiger partial charge in [0.2, 0.25) is 0 Å². The lowest BCUT2D eigenvalue weighted by Crippen LogP contribution is -2.34. The normalized spacial score (nSPS) is 11.0. The van der Waals surface area contributed by atoms with Crippen molar-refractivity contribution in [2.75, 3.05) is 5.43 Å². The van der Waals surface area contributed by atoms with Crippen molar-refractivity contribution in [3.8, 4) is 0 Å². The standard InChI is InChI=1S/C8H7ClF3N3S/c9-5-2-1-4(8(10,11)12)3-6(5)14-15-7(13)16/h1-3,14H,(H3,13,15,16). The molecule has 0 saturated carbocycles. The Labute approximate surface area is 99.7 Å². The minimum atomic E-state index is -4.43. The maximum Gasteiger partial charge on any atom is 0.416 e. The molecule has 0 heterocycles. The van der Waals surface area contributed by atoms with Crippen LogP contribution < -0.4 is 16.6 Å². The number of hydrazine groups is 1. The predicted molar refractivity (Wildman–Crippen MR) is 60.0 cm³/mol. The van der Waals surface area contributed by atoms with Crippen molar-refractivity contribution >= 4 is 34.6 Å². The Morgan fingerprint density at radius 3 is 2.50 bits per heavy atom. The van der Waals surface area contributed by atoms with Crippen molar-refractivity contribution in [3.63, 3.8) is 0 Å². The lowest BCUT2D eigenvalue weighted by Gasteiger charge is -2.12. The maximum atomic E-state index is 12.4. The first-order valence-corrected chi connectivity index (χ1v) is 4.77. The molecule has 0 atom stereocenters. The van der Waals surface area contributed by atoms with E-state index in [1.165, 1.54) is 0 Å². The molecule has 0 aliphatic rings. The van der Waals surface area contributed by atoms with Crippen LogP contribution in [0.3, 0.4) is 0 Å². The van der Waals surface area contributed by atoms with E-state index in [0.29, 0.717) is 0 Å². The van der Waals surface area contributed by atoms with E-state index in [1.807, 2.05) is 0 Å². The number of halogens is 4. The summed E-state index contributed by atoms with van der Waals surface area (Å²) < 4.78 is 37.1. The Morgan fingerprint density at radius 1 is 1.38 bits per heavy atom. The lowest BCUT2D eigenvalue weighted by molar-refractivity contribution is -0.137. The fraction of sp³-hybridized carbons (Fsp3) is 0.125. The number of hydrogen-bond acceptors (Lipinski definition) is 2. The van der Waals surface area contributed by atoms with Crippen molar-refractivity contribution in [2.45, 2.75) is 6.18 Å². The molecule has 8 heteroatoms. The van der Waals surface area contributed by atoms with Gasteiger partial charge >= 0.3 is 6.18 Å². The van der Waals surface area contributed by atoms with Crippen LogP contribution in [0.4, 0.5) is 18.9 Å². The number of anilines is 1. The van der Waals surface area contributed by atoms with E-state index in [9.17, 15) is 13.2 Å². The van der Waals surface area contributed by atoms with Gasteiger partial charge in [0.25, 0.3) is 0 Å². The minimum Gasteiger partial charge on any atom is -0.375 e. The number of alkyl halides is 3. The summed E-state index contributed by atoms with van der Waals surface area (Å²) in [6.07, 6.45) is -4.43. The highest BCUT2D eigenvalue weighted by atomic mass is 35.5. The molecule has 3 nitrogen and oxygen atoms in total. The third kappa shape index (κ3) is 3.42. The summed E-state index contributed by atoms with van der Waals surface area (Å²) in [5.41, 5.74) is 9.00. The Morgan fingerprint density at radius 2 is 2.00 bits per heavy atom. The van der Waals surface area contributed by atoms with E-state index in [1.54, 1.807) is 0 Å². The molecular formula is C8H7ClF3N3S. The first-order valence-electron chi connectivity index (χ1n) is 3.99. The average molecular weight is 270 g/mol. The third-order valence-electron chi connectivity index (χ3n) is 1.61. The first kappa shape index (κ1) is 12.9. The highest BCUT2D eigenvalue weighted by Crippen LogP contribution is 2.33. The van der Waals surface area contributed by atoms with Gasteiger partial charge in [-0.3, -0.25) is 10.9 Å². The van der Waals surface area contributed by atoms with Crippen molar-refractivity contribution in [2.24, 2.45) is 5.73 Å². The number of rotatable bonds is 2. The molecule has 0 radical (unpaired) electrons. The third-order valence-corrected chi connectivity index (χ3v) is 2.05. The number of hydrogen-bond donors (Lipinski definition) is 3. The van der Waals surface area contributed by atoms with Crippen LogP contribution in [0.25, 0.3) is 0 Å². The van der Waals surface area contributed by atoms with Gasteiger partial charge in [-0.2, -0.15) is 13.2 Å². The number of thiocarbonyl (C=S) groups is 1. The molecule has 0 fully saturated rings. The highest BCUT2D eigenvalue weighted by Gasteiger charge is 2.30. The monoisotopic (exact) mass is 269 g/mol. The van der Waals surface area contributed by atoms with Gasteiger partial charge in [0.05, 0.1) is 16.3 Å². The molecule has 0 amide bonds. The van der Waals surface area contributed by atoms with Gasteiger partial charge in [-0.25, -0.2) is 0 Å². The van der Waals surface area contributed by atoms with Crippen molar-refractivity contribution < 1.29 is 13.2 Å². The van der Waals surface area contributed by atoms with E-state index in [4.69, 9.17) is 17.3 Å². The van der Waals surface area contributed by atoms with Gasteiger partial charge in [-0.05, 0) is 30.4 Å². The molecular weight excluding hydrogens is 263 g/mol. The van der Waals surface area contributed by atoms with Crippen LogP contribution in [0.5, 0.6) is 0 Å². The van der Waals surface area contributed by atoms with Crippen LogP contribution in [0.15, 0.2) is 18.2 Å². The molecule has 0 spiro atoms. The van der Waals surface area contributed by atoms with Gasteiger partial charge in [0, 0.05) is 0 Å². The molecule has 16 heavy (non-hydrogen) atoms. The Bertz CT molecular complexity index is 408. The molecule has 0 aliphatic heterocycles. The molecule has 0 saturated heterocycles. The van der Waals surface area contributed by atoms with Crippen molar-refractivity contribution in [3.05, 3.63) is 28.8 Å². The summed E-state index contributed by atoms with van der Waals surface area (Å²) in [5.74, 6) is 0. The van der Waals surface area contributed by atoms with Gasteiger partial charge in [0.15, 0.2) is 5.11 Å². The zero-order chi connectivity index (χ0) is 12.3. The zero-order valence-electron chi connectivity index (χ0n) is 7.73. The van der Waals surface area contributed by atoms with E-state index in [-0.39, 0.29) is 15.8 Å². The number of nitrogens with one attached hydrogen (secondary N) is 2. The fourth-order valence-corrected chi connectivity index (χ4v) is 1.14. The SMILES string of the molecule is NC(=S)NNc1cc(C(F)(F)F)ccc1Cl. The molecule has 88 valence electrons. The van der Waals surface area contributed by atoms with Crippen LogP contribution in [-0.4, -0.2) is 5.11 Å². The molecule has 0 unspecified atom stereocenters. The largest absolute Gasteiger partial charge is 0.416 e. The molecule has 0 bridgehead atoms. The summed E-state index contributed by atoms with van der Waals surface area (Å²) in [4.78, 5) is 0. The summed E-state index contributed by atoms with van der Waals surface area (Å²) in [6.45, 7) is 0. The fourth-order valence-electron chi connectivity index (χ4n) is 0.926. The number of nitrogens with two attached hydrogens (primary N) is 1. The molecule has 1 aromatic carbocycles. The summed E-state index contributed by atoms with van der Waals surface area (Å²) in [6, 6.07) is 2.87. The van der Waals surface area contributed by atoms with Gasteiger partial charge < -0.3 is 5.73 Å². The second-order valence-electron chi connectivity index (χ2n) is 2.81. The van der Waals surface area contributed by atoms with Gasteiger partial charge in [0.1, 0.15) is 0 Å². The van der Waals surface area contributed by atoms with Crippen LogP contribution in [-0.2, 0) is 6.18 Å². The molecule has 4 N–H and O–H groups in total. The summed E-state index contributed by atoms with van der Waals surface area (Å²) in [7, 11) is 0. The minimum absolute atomic E-state index is 0.0456. The zero-order valence-corrected chi connectivity index (χ0v) is 9.30. The van der Waals surface area contributed by atoms with Crippen LogP contribution in [0.1, 0.15) is 5.56 Å². The summed E-state index contributed by atoms with van der Waals surface area (Å²) in [5, 5.41) is 0.0187. The topological polar surface area (TPSA) is 50.1 Å². The van der Waals surface area contributed by atoms with E-state index >= 15 is 0 Å². The molecule has 1 aromatic rings. The van der Waals surface area contributed by atoms with Crippen molar-refractivity contribution in [1.82, 2.24) is 5.43 Å². The smallest absolute Gasteiger partial charge is 0.375 e. The van der Waals surface area contributed by atoms with Gasteiger partial charge in [-0.1, -0.05) is 11.6 Å². The van der Waals surface area contributed by atoms with E-state index < -0.39 is 11.7 Å². The highest BCUT2D eigenvalue weighted by molar-refractivity contribution is 7.80. The van der Waals surface area contributed by atoms with E-state index in [2.05, 4.69) is 23.1 Å². The lowest BCUT2D eigenvalue weighted by atomic mass is 10.2. The Balaban J connectivity index is 2.95. The molecule has 1 rings (SSSR count). The first-order chi connectivity index (χ1) is 7.30. The second kappa shape index (κ2) is 4.75. The van der Waals surface area contributed by atoms with Crippen LogP contribution in [0.2, 0.25) is 5.02 Å². The van der Waals surface area contributed by atoms with Crippen LogP contribution >= 0.6 is 23.8 Å². The summed E-state index contributed by atoms with van der Waals surface area (Å²) >= 11 is 10.2. The van der Waals surface area contributed by atoms with Gasteiger partial charge in [-0.15, -0.1) is 0 Å².